The fraction of sp³-hybridized carbons (Fsp3) is 0.500. The van der Waals surface area contributed by atoms with E-state index in [2.05, 4.69) is 4.98 Å². The number of hydrogen-bond acceptors (Lipinski definition) is 1. The van der Waals surface area contributed by atoms with Crippen molar-refractivity contribution in [1.29, 1.82) is 0 Å². The lowest BCUT2D eigenvalue weighted by Gasteiger charge is -2.12. The molecule has 80 valence electrons. The van der Waals surface area contributed by atoms with Gasteiger partial charge in [-0.05, 0) is 12.1 Å². The van der Waals surface area contributed by atoms with E-state index in [1.807, 2.05) is 13.8 Å². The molecule has 0 spiro atoms. The van der Waals surface area contributed by atoms with E-state index in [0.717, 1.165) is 0 Å². The highest BCUT2D eigenvalue weighted by atomic mass is 35.5. The number of aromatic nitrogens is 1. The Bertz CT molecular complexity index is 259. The van der Waals surface area contributed by atoms with Crippen molar-refractivity contribution < 1.29 is 8.78 Å². The van der Waals surface area contributed by atoms with E-state index in [1.54, 1.807) is 0 Å². The number of alkyl halides is 2. The predicted molar refractivity (Wildman–Crippen MR) is 54.8 cm³/mol. The number of halogens is 3. The molecular weight excluding hydrogens is 208 g/mol. The molecule has 4 heteroatoms. The molecule has 0 N–H and O–H groups in total. The fourth-order valence-corrected chi connectivity index (χ4v) is 0.885. The molecule has 0 amide bonds. The minimum atomic E-state index is -2.84. The van der Waals surface area contributed by atoms with E-state index < -0.39 is 5.92 Å². The van der Waals surface area contributed by atoms with Crippen molar-refractivity contribution in [3.8, 4) is 0 Å². The molecule has 1 nitrogen and oxygen atoms in total. The van der Waals surface area contributed by atoms with Crippen molar-refractivity contribution >= 4 is 11.6 Å². The minimum absolute atomic E-state index is 0.227. The first-order chi connectivity index (χ1) is 6.56. The molecule has 0 saturated heterocycles. The Morgan fingerprint density at radius 2 is 1.93 bits per heavy atom. The number of nitrogens with zero attached hydrogens (tertiary/aromatic N) is 1. The lowest BCUT2D eigenvalue weighted by Crippen LogP contribution is -2.13. The van der Waals surface area contributed by atoms with E-state index in [-0.39, 0.29) is 12.1 Å². The maximum absolute atomic E-state index is 12.9. The van der Waals surface area contributed by atoms with Gasteiger partial charge < -0.3 is 0 Å². The predicted octanol–water partition coefficient (Wildman–Crippen LogP) is 4.26. The van der Waals surface area contributed by atoms with Crippen LogP contribution in [0.4, 0.5) is 8.78 Å². The Morgan fingerprint density at radius 3 is 2.29 bits per heavy atom. The summed E-state index contributed by atoms with van der Waals surface area (Å²) in [6.07, 6.45) is 0.974. The topological polar surface area (TPSA) is 12.9 Å². The molecular formula is C10H14ClF2N. The SMILES string of the molecule is CC.CCC(F)(F)c1ccc(Cl)cn1. The Labute approximate surface area is 88.1 Å². The highest BCUT2D eigenvalue weighted by Crippen LogP contribution is 2.29. The Balaban J connectivity index is 0.000000791. The van der Waals surface area contributed by atoms with Gasteiger partial charge in [-0.15, -0.1) is 0 Å². The molecule has 0 radical (unpaired) electrons. The minimum Gasteiger partial charge on any atom is -0.253 e. The number of hydrogen-bond donors (Lipinski definition) is 0. The summed E-state index contributed by atoms with van der Waals surface area (Å²) in [5.74, 6) is -2.84. The van der Waals surface area contributed by atoms with Crippen LogP contribution in [0.2, 0.25) is 5.02 Å². The Hall–Kier alpha value is -0.700. The molecule has 0 unspecified atom stereocenters. The summed E-state index contributed by atoms with van der Waals surface area (Å²) in [6, 6.07) is 2.65. The summed E-state index contributed by atoms with van der Waals surface area (Å²) in [5.41, 5.74) is -0.227. The maximum Gasteiger partial charge on any atom is 0.289 e. The second-order valence-electron chi connectivity index (χ2n) is 2.42. The standard InChI is InChI=1S/C8H8ClF2N.C2H6/c1-2-8(10,11)7-4-3-6(9)5-12-7;1-2/h3-5H,2H2,1H3;1-2H3. The van der Waals surface area contributed by atoms with Crippen LogP contribution in [0.25, 0.3) is 0 Å². The molecule has 0 aliphatic heterocycles. The maximum atomic E-state index is 12.9. The van der Waals surface area contributed by atoms with Gasteiger partial charge in [0.15, 0.2) is 0 Å². The van der Waals surface area contributed by atoms with Gasteiger partial charge in [-0.1, -0.05) is 32.4 Å². The molecule has 1 aromatic rings. The van der Waals surface area contributed by atoms with Crippen molar-refractivity contribution in [2.24, 2.45) is 0 Å². The molecule has 1 rings (SSSR count). The molecule has 0 aliphatic rings. The number of rotatable bonds is 2. The second kappa shape index (κ2) is 5.91. The zero-order chi connectivity index (χ0) is 11.2. The highest BCUT2D eigenvalue weighted by Gasteiger charge is 2.30. The first-order valence-electron chi connectivity index (χ1n) is 4.56. The van der Waals surface area contributed by atoms with E-state index >= 15 is 0 Å². The van der Waals surface area contributed by atoms with Crippen LogP contribution in [-0.4, -0.2) is 4.98 Å². The van der Waals surface area contributed by atoms with E-state index in [1.165, 1.54) is 25.3 Å². The molecule has 1 heterocycles. The van der Waals surface area contributed by atoms with Crippen molar-refractivity contribution in [2.45, 2.75) is 33.1 Å². The van der Waals surface area contributed by atoms with Crippen molar-refractivity contribution in [3.05, 3.63) is 29.0 Å². The lowest BCUT2D eigenvalue weighted by molar-refractivity contribution is -0.0127. The van der Waals surface area contributed by atoms with Gasteiger partial charge in [0.1, 0.15) is 5.69 Å². The largest absolute Gasteiger partial charge is 0.289 e. The molecule has 0 aromatic carbocycles. The smallest absolute Gasteiger partial charge is 0.253 e. The van der Waals surface area contributed by atoms with Crippen LogP contribution < -0.4 is 0 Å². The average molecular weight is 222 g/mol. The van der Waals surface area contributed by atoms with Gasteiger partial charge >= 0.3 is 0 Å². The second-order valence-corrected chi connectivity index (χ2v) is 2.86. The van der Waals surface area contributed by atoms with Gasteiger partial charge in [0, 0.05) is 12.6 Å². The van der Waals surface area contributed by atoms with Gasteiger partial charge in [0.05, 0.1) is 5.02 Å². The van der Waals surface area contributed by atoms with Crippen LogP contribution in [-0.2, 0) is 5.92 Å². The zero-order valence-corrected chi connectivity index (χ0v) is 9.28. The zero-order valence-electron chi connectivity index (χ0n) is 8.52. The van der Waals surface area contributed by atoms with Crippen LogP contribution in [0.1, 0.15) is 32.9 Å². The van der Waals surface area contributed by atoms with Crippen LogP contribution in [0.3, 0.4) is 0 Å². The first-order valence-corrected chi connectivity index (χ1v) is 4.94. The Morgan fingerprint density at radius 1 is 1.36 bits per heavy atom. The summed E-state index contributed by atoms with van der Waals surface area (Å²) in [6.45, 7) is 5.41. The van der Waals surface area contributed by atoms with Crippen molar-refractivity contribution in [2.75, 3.05) is 0 Å². The third kappa shape index (κ3) is 3.58. The lowest BCUT2D eigenvalue weighted by atomic mass is 10.2. The van der Waals surface area contributed by atoms with Crippen LogP contribution in [0, 0.1) is 0 Å². The van der Waals surface area contributed by atoms with Gasteiger partial charge in [0.25, 0.3) is 5.92 Å². The Kier molecular flexibility index (Phi) is 5.62. The van der Waals surface area contributed by atoms with Crippen molar-refractivity contribution in [1.82, 2.24) is 4.98 Å². The molecule has 0 bridgehead atoms. The summed E-state index contributed by atoms with van der Waals surface area (Å²) in [7, 11) is 0. The van der Waals surface area contributed by atoms with Crippen LogP contribution in [0.15, 0.2) is 18.3 Å². The monoisotopic (exact) mass is 221 g/mol. The first kappa shape index (κ1) is 13.3. The third-order valence-electron chi connectivity index (χ3n) is 1.55. The summed E-state index contributed by atoms with van der Waals surface area (Å²) in [4.78, 5) is 3.54. The summed E-state index contributed by atoms with van der Waals surface area (Å²) in [5, 5.41) is 0.366. The fourth-order valence-electron chi connectivity index (χ4n) is 0.773. The van der Waals surface area contributed by atoms with Crippen molar-refractivity contribution in [3.63, 3.8) is 0 Å². The van der Waals surface area contributed by atoms with E-state index in [0.29, 0.717) is 5.02 Å². The molecule has 0 aliphatic carbocycles. The molecule has 0 fully saturated rings. The van der Waals surface area contributed by atoms with E-state index in [9.17, 15) is 8.78 Å². The average Bonchev–Trinajstić information content (AvgIpc) is 2.21. The molecule has 0 atom stereocenters. The van der Waals surface area contributed by atoms with Gasteiger partial charge in [-0.25, -0.2) is 0 Å². The third-order valence-corrected chi connectivity index (χ3v) is 1.77. The van der Waals surface area contributed by atoms with Gasteiger partial charge in [-0.2, -0.15) is 8.78 Å². The van der Waals surface area contributed by atoms with Crippen LogP contribution >= 0.6 is 11.6 Å². The normalized spacial score (nSPS) is 10.4. The highest BCUT2D eigenvalue weighted by molar-refractivity contribution is 6.30. The van der Waals surface area contributed by atoms with Gasteiger partial charge in [0.2, 0.25) is 0 Å². The quantitative estimate of drug-likeness (QED) is 0.727. The molecule has 14 heavy (non-hydrogen) atoms. The summed E-state index contributed by atoms with van der Waals surface area (Å²) < 4.78 is 25.8. The number of pyridine rings is 1. The summed E-state index contributed by atoms with van der Waals surface area (Å²) >= 11 is 5.50. The van der Waals surface area contributed by atoms with E-state index in [4.69, 9.17) is 11.6 Å². The van der Waals surface area contributed by atoms with Gasteiger partial charge in [-0.3, -0.25) is 4.98 Å². The van der Waals surface area contributed by atoms with Crippen LogP contribution in [0.5, 0.6) is 0 Å². The molecule has 1 aromatic heterocycles. The molecule has 0 saturated carbocycles.